The fourth-order valence-electron chi connectivity index (χ4n) is 2.41. The van der Waals surface area contributed by atoms with Gasteiger partial charge in [0.25, 0.3) is 0 Å². The maximum Gasteiger partial charge on any atom is 0.0758 e. The first-order valence-electron chi connectivity index (χ1n) is 6.09. The molecule has 1 atom stereocenters. The van der Waals surface area contributed by atoms with E-state index in [0.29, 0.717) is 0 Å². The van der Waals surface area contributed by atoms with Crippen LogP contribution < -0.4 is 0 Å². The van der Waals surface area contributed by atoms with Gasteiger partial charge in [-0.15, -0.1) is 0 Å². The van der Waals surface area contributed by atoms with E-state index in [0.717, 1.165) is 42.8 Å². The number of hydrogen-bond donors (Lipinski definition) is 1. The Bertz CT molecular complexity index is 414. The topological polar surface area (TPSA) is 41.3 Å². The molecular formula is C12H20BrN3O. The van der Waals surface area contributed by atoms with Gasteiger partial charge in [0.1, 0.15) is 0 Å². The van der Waals surface area contributed by atoms with E-state index in [2.05, 4.69) is 32.9 Å². The van der Waals surface area contributed by atoms with E-state index in [4.69, 9.17) is 0 Å². The number of nitrogens with zero attached hydrogens (tertiary/aromatic N) is 3. The molecule has 1 fully saturated rings. The van der Waals surface area contributed by atoms with Crippen LogP contribution in [0.5, 0.6) is 0 Å². The van der Waals surface area contributed by atoms with Crippen molar-refractivity contribution in [1.29, 1.82) is 0 Å². The predicted octanol–water partition coefficient (Wildman–Crippen LogP) is 1.93. The Morgan fingerprint density at radius 2 is 2.24 bits per heavy atom. The Hall–Kier alpha value is -0.390. The third-order valence-corrected chi connectivity index (χ3v) is 4.39. The highest BCUT2D eigenvalue weighted by Crippen LogP contribution is 2.26. The minimum Gasteiger partial charge on any atom is -0.389 e. The van der Waals surface area contributed by atoms with Gasteiger partial charge in [-0.1, -0.05) is 0 Å². The van der Waals surface area contributed by atoms with Gasteiger partial charge in [0.05, 0.1) is 21.5 Å². The summed E-state index contributed by atoms with van der Waals surface area (Å²) in [5.41, 5.74) is 1.72. The van der Waals surface area contributed by atoms with Crippen LogP contribution >= 0.6 is 15.9 Å². The lowest BCUT2D eigenvalue weighted by molar-refractivity contribution is 0.0675. The molecule has 1 aliphatic rings. The van der Waals surface area contributed by atoms with Crippen LogP contribution in [0.1, 0.15) is 31.7 Å². The van der Waals surface area contributed by atoms with Crippen LogP contribution in [0.4, 0.5) is 0 Å². The molecule has 1 saturated heterocycles. The third-order valence-electron chi connectivity index (χ3n) is 3.36. The predicted molar refractivity (Wildman–Crippen MR) is 70.9 cm³/mol. The van der Waals surface area contributed by atoms with Gasteiger partial charge in [0.15, 0.2) is 0 Å². The monoisotopic (exact) mass is 301 g/mol. The van der Waals surface area contributed by atoms with Crippen molar-refractivity contribution < 1.29 is 5.11 Å². The van der Waals surface area contributed by atoms with Gasteiger partial charge in [-0.05, 0) is 43.1 Å². The summed E-state index contributed by atoms with van der Waals surface area (Å²) >= 11 is 3.61. The Kier molecular flexibility index (Phi) is 3.61. The Balaban J connectivity index is 2.14. The summed E-state index contributed by atoms with van der Waals surface area (Å²) in [6, 6.07) is 0. The molecule has 1 unspecified atom stereocenters. The summed E-state index contributed by atoms with van der Waals surface area (Å²) in [7, 11) is 0. The molecule has 96 valence electrons. The Morgan fingerprint density at radius 3 is 2.76 bits per heavy atom. The first kappa shape index (κ1) is 13.1. The molecule has 0 aliphatic carbocycles. The first-order chi connectivity index (χ1) is 7.93. The molecule has 4 nitrogen and oxygen atoms in total. The quantitative estimate of drug-likeness (QED) is 0.927. The number of halogens is 1. The highest BCUT2D eigenvalue weighted by Gasteiger charge is 2.32. The van der Waals surface area contributed by atoms with Crippen molar-refractivity contribution in [3.8, 4) is 0 Å². The van der Waals surface area contributed by atoms with E-state index in [-0.39, 0.29) is 0 Å². The number of aryl methyl sites for hydroxylation is 2. The fourth-order valence-corrected chi connectivity index (χ4v) is 2.81. The number of likely N-dealkylation sites (tertiary alicyclic amines) is 1. The molecule has 2 rings (SSSR count). The average molecular weight is 302 g/mol. The summed E-state index contributed by atoms with van der Waals surface area (Å²) in [5, 5.41) is 14.5. The van der Waals surface area contributed by atoms with E-state index < -0.39 is 5.60 Å². The van der Waals surface area contributed by atoms with Crippen molar-refractivity contribution in [2.24, 2.45) is 0 Å². The lowest BCUT2D eigenvalue weighted by Gasteiger charge is -2.19. The minimum atomic E-state index is -0.529. The van der Waals surface area contributed by atoms with Gasteiger partial charge in [0.2, 0.25) is 0 Å². The Labute approximate surface area is 111 Å². The van der Waals surface area contributed by atoms with Crippen LogP contribution in [-0.2, 0) is 13.1 Å². The van der Waals surface area contributed by atoms with Crippen LogP contribution in [0.2, 0.25) is 0 Å². The lowest BCUT2D eigenvalue weighted by atomic mass is 10.1. The maximum atomic E-state index is 9.97. The molecular weight excluding hydrogens is 282 g/mol. The van der Waals surface area contributed by atoms with Crippen LogP contribution in [0.25, 0.3) is 0 Å². The number of rotatable bonds is 3. The van der Waals surface area contributed by atoms with Gasteiger partial charge >= 0.3 is 0 Å². The van der Waals surface area contributed by atoms with Gasteiger partial charge in [0, 0.05) is 26.2 Å². The molecule has 0 aromatic carbocycles. The van der Waals surface area contributed by atoms with E-state index >= 15 is 0 Å². The summed E-state index contributed by atoms with van der Waals surface area (Å²) < 4.78 is 3.14. The molecule has 1 aliphatic heterocycles. The molecule has 0 saturated carbocycles. The third kappa shape index (κ3) is 2.72. The summed E-state index contributed by atoms with van der Waals surface area (Å²) in [5.74, 6) is 0. The van der Waals surface area contributed by atoms with E-state index in [1.807, 2.05) is 18.5 Å². The van der Waals surface area contributed by atoms with E-state index in [9.17, 15) is 5.11 Å². The van der Waals surface area contributed by atoms with Crippen molar-refractivity contribution >= 4 is 15.9 Å². The zero-order valence-electron chi connectivity index (χ0n) is 10.7. The van der Waals surface area contributed by atoms with Gasteiger partial charge in [-0.3, -0.25) is 9.58 Å². The largest absolute Gasteiger partial charge is 0.389 e. The number of hydrogen-bond acceptors (Lipinski definition) is 3. The first-order valence-corrected chi connectivity index (χ1v) is 6.89. The van der Waals surface area contributed by atoms with Gasteiger partial charge in [-0.25, -0.2) is 0 Å². The van der Waals surface area contributed by atoms with Crippen molar-refractivity contribution in [2.75, 3.05) is 13.1 Å². The normalized spacial score (nSPS) is 25.7. The smallest absolute Gasteiger partial charge is 0.0758 e. The molecule has 2 heterocycles. The summed E-state index contributed by atoms with van der Waals surface area (Å²) in [6.07, 6.45) is 0.851. The van der Waals surface area contributed by atoms with Crippen LogP contribution in [0.3, 0.4) is 0 Å². The SMILES string of the molecule is CCn1nc(C)c(Br)c1CN1CCC(C)(O)C1. The number of aliphatic hydroxyl groups is 1. The molecule has 0 bridgehead atoms. The molecule has 1 N–H and O–H groups in total. The molecule has 1 aromatic heterocycles. The molecule has 0 spiro atoms. The van der Waals surface area contributed by atoms with Gasteiger partial charge in [-0.2, -0.15) is 5.10 Å². The second kappa shape index (κ2) is 4.71. The molecule has 1 aromatic rings. The van der Waals surface area contributed by atoms with E-state index in [1.54, 1.807) is 0 Å². The molecule has 0 amide bonds. The summed E-state index contributed by atoms with van der Waals surface area (Å²) in [4.78, 5) is 2.29. The van der Waals surface area contributed by atoms with Crippen molar-refractivity contribution in [3.63, 3.8) is 0 Å². The molecule has 17 heavy (non-hydrogen) atoms. The Morgan fingerprint density at radius 1 is 1.53 bits per heavy atom. The maximum absolute atomic E-state index is 9.97. The van der Waals surface area contributed by atoms with Gasteiger partial charge < -0.3 is 5.11 Å². The van der Waals surface area contributed by atoms with E-state index in [1.165, 1.54) is 5.69 Å². The second-order valence-electron chi connectivity index (χ2n) is 5.12. The van der Waals surface area contributed by atoms with Crippen LogP contribution in [-0.4, -0.2) is 38.5 Å². The van der Waals surface area contributed by atoms with Crippen molar-refractivity contribution in [3.05, 3.63) is 15.9 Å². The molecule has 0 radical (unpaired) electrons. The van der Waals surface area contributed by atoms with Crippen molar-refractivity contribution in [1.82, 2.24) is 14.7 Å². The standard InChI is InChI=1S/C12H20BrN3O/c1-4-16-10(11(13)9(2)14-16)7-15-6-5-12(3,17)8-15/h17H,4-8H2,1-3H3. The zero-order valence-corrected chi connectivity index (χ0v) is 12.3. The lowest BCUT2D eigenvalue weighted by Crippen LogP contribution is -2.30. The number of β-amino-alcohol motifs (C(OH)–C–C–N with tert-alkyl or cyclic N) is 1. The summed E-state index contributed by atoms with van der Waals surface area (Å²) in [6.45, 7) is 9.45. The highest BCUT2D eigenvalue weighted by atomic mass is 79.9. The van der Waals surface area contributed by atoms with Crippen LogP contribution in [0, 0.1) is 6.92 Å². The van der Waals surface area contributed by atoms with Crippen molar-refractivity contribution in [2.45, 2.75) is 45.9 Å². The minimum absolute atomic E-state index is 0.529. The second-order valence-corrected chi connectivity index (χ2v) is 5.91. The highest BCUT2D eigenvalue weighted by molar-refractivity contribution is 9.10. The zero-order chi connectivity index (χ0) is 12.6. The van der Waals surface area contributed by atoms with Crippen LogP contribution in [0.15, 0.2) is 4.47 Å². The average Bonchev–Trinajstić information content (AvgIpc) is 2.73. The number of aromatic nitrogens is 2. The molecule has 5 heteroatoms. The fraction of sp³-hybridized carbons (Fsp3) is 0.750.